The van der Waals surface area contributed by atoms with Gasteiger partial charge in [-0.1, -0.05) is 12.1 Å². The number of nitrogens with two attached hydrogens (primary N) is 3. The minimum Gasteiger partial charge on any atom is -0.497 e. The van der Waals surface area contributed by atoms with Crippen molar-refractivity contribution < 1.29 is 29.6 Å². The molecule has 0 aliphatic heterocycles. The summed E-state index contributed by atoms with van der Waals surface area (Å²) in [6.45, 7) is 0.145. The Kier molecular flexibility index (Phi) is 11.1. The van der Waals surface area contributed by atoms with Gasteiger partial charge in [-0.3, -0.25) is 9.59 Å². The lowest BCUT2D eigenvalue weighted by Gasteiger charge is -2.09. The highest BCUT2D eigenvalue weighted by molar-refractivity contribution is 5.73. The molecule has 9 heteroatoms. The molecule has 0 bridgehead atoms. The van der Waals surface area contributed by atoms with Gasteiger partial charge in [0.25, 0.3) is 0 Å². The van der Waals surface area contributed by atoms with Crippen LogP contribution in [0.25, 0.3) is 0 Å². The van der Waals surface area contributed by atoms with Crippen LogP contribution in [0.3, 0.4) is 0 Å². The molecule has 9 nitrogen and oxygen atoms in total. The smallest absolute Gasteiger partial charge is 0.320 e. The minimum atomic E-state index is -1.05. The van der Waals surface area contributed by atoms with Crippen LogP contribution in [0.2, 0.25) is 0 Å². The van der Waals surface area contributed by atoms with Crippen molar-refractivity contribution in [3.8, 4) is 5.75 Å². The summed E-state index contributed by atoms with van der Waals surface area (Å²) in [4.78, 5) is 20.6. The second kappa shape index (κ2) is 12.2. The molecule has 0 fully saturated rings. The van der Waals surface area contributed by atoms with Crippen LogP contribution in [-0.4, -0.2) is 59.1 Å². The van der Waals surface area contributed by atoms with E-state index in [0.29, 0.717) is 12.8 Å². The fourth-order valence-corrected chi connectivity index (χ4v) is 1.72. The maximum Gasteiger partial charge on any atom is 0.320 e. The Morgan fingerprint density at radius 1 is 1.04 bits per heavy atom. The molecule has 1 aromatic carbocycles. The van der Waals surface area contributed by atoms with E-state index >= 15 is 0 Å². The fraction of sp³-hybridized carbons (Fsp3) is 0.500. The summed E-state index contributed by atoms with van der Waals surface area (Å²) in [6, 6.07) is 5.44. The van der Waals surface area contributed by atoms with Crippen LogP contribution in [0.15, 0.2) is 24.3 Å². The number of ether oxygens (including phenoxy) is 1. The molecule has 9 N–H and O–H groups in total. The second-order valence-electron chi connectivity index (χ2n) is 5.41. The highest BCUT2D eigenvalue weighted by Gasteiger charge is 2.13. The van der Waals surface area contributed by atoms with Gasteiger partial charge in [0, 0.05) is 6.54 Å². The zero-order valence-electron chi connectivity index (χ0n) is 14.2. The third-order valence-electron chi connectivity index (χ3n) is 3.33. The van der Waals surface area contributed by atoms with Crippen molar-refractivity contribution in [3.05, 3.63) is 29.8 Å². The molecule has 142 valence electrons. The molecule has 1 rings (SSSR count). The molecule has 0 aliphatic carbocycles. The van der Waals surface area contributed by atoms with Crippen LogP contribution in [-0.2, 0) is 16.0 Å². The summed E-state index contributed by atoms with van der Waals surface area (Å²) < 4.78 is 4.97. The van der Waals surface area contributed by atoms with Crippen molar-refractivity contribution in [2.75, 3.05) is 13.7 Å². The first kappa shape index (κ1) is 22.8. The van der Waals surface area contributed by atoms with E-state index < -0.39 is 30.1 Å². The summed E-state index contributed by atoms with van der Waals surface area (Å²) in [6.07, 6.45) is 0.289. The van der Waals surface area contributed by atoms with Crippen molar-refractivity contribution in [1.29, 1.82) is 0 Å². The Bertz CT molecular complexity index is 523. The number of aliphatic hydroxyl groups excluding tert-OH is 1. The largest absolute Gasteiger partial charge is 0.497 e. The van der Waals surface area contributed by atoms with E-state index in [2.05, 4.69) is 0 Å². The van der Waals surface area contributed by atoms with Gasteiger partial charge in [0.2, 0.25) is 0 Å². The summed E-state index contributed by atoms with van der Waals surface area (Å²) in [5.41, 5.74) is 16.5. The number of benzene rings is 1. The number of rotatable bonds is 9. The quantitative estimate of drug-likeness (QED) is 0.328. The average molecular weight is 357 g/mol. The lowest BCUT2D eigenvalue weighted by Crippen LogP contribution is -2.32. The third-order valence-corrected chi connectivity index (χ3v) is 3.33. The molecule has 0 saturated carbocycles. The molecule has 0 radical (unpaired) electrons. The van der Waals surface area contributed by atoms with Crippen molar-refractivity contribution in [2.45, 2.75) is 37.5 Å². The fourth-order valence-electron chi connectivity index (χ4n) is 1.72. The molecule has 3 unspecified atom stereocenters. The molecule has 0 spiro atoms. The molecule has 0 aliphatic rings. The van der Waals surface area contributed by atoms with Gasteiger partial charge in [-0.05, 0) is 37.0 Å². The number of carboxylic acid groups (broad SMARTS) is 2. The first-order valence-electron chi connectivity index (χ1n) is 7.69. The van der Waals surface area contributed by atoms with Crippen LogP contribution in [0, 0.1) is 0 Å². The van der Waals surface area contributed by atoms with Crippen LogP contribution < -0.4 is 21.9 Å². The van der Waals surface area contributed by atoms with Gasteiger partial charge in [0.1, 0.15) is 17.8 Å². The van der Waals surface area contributed by atoms with E-state index in [1.54, 1.807) is 19.2 Å². The number of hydrogen-bond acceptors (Lipinski definition) is 7. The molecule has 0 aromatic heterocycles. The predicted molar refractivity (Wildman–Crippen MR) is 92.2 cm³/mol. The lowest BCUT2D eigenvalue weighted by atomic mass is 10.1. The first-order chi connectivity index (χ1) is 11.7. The molecule has 0 amide bonds. The van der Waals surface area contributed by atoms with Gasteiger partial charge in [0.05, 0.1) is 13.2 Å². The Balaban J connectivity index is 0.000000477. The summed E-state index contributed by atoms with van der Waals surface area (Å²) >= 11 is 0. The van der Waals surface area contributed by atoms with Gasteiger partial charge in [0.15, 0.2) is 0 Å². The van der Waals surface area contributed by atoms with Gasteiger partial charge < -0.3 is 37.3 Å². The summed E-state index contributed by atoms with van der Waals surface area (Å²) in [5.74, 6) is -1.28. The van der Waals surface area contributed by atoms with Gasteiger partial charge in [-0.25, -0.2) is 0 Å². The van der Waals surface area contributed by atoms with E-state index in [-0.39, 0.29) is 13.0 Å². The van der Waals surface area contributed by atoms with Crippen LogP contribution in [0.4, 0.5) is 0 Å². The third kappa shape index (κ3) is 10.3. The zero-order valence-corrected chi connectivity index (χ0v) is 14.2. The molecule has 25 heavy (non-hydrogen) atoms. The first-order valence-corrected chi connectivity index (χ1v) is 7.69. The highest BCUT2D eigenvalue weighted by Crippen LogP contribution is 2.12. The molecule has 0 heterocycles. The molecule has 1 aromatic rings. The highest BCUT2D eigenvalue weighted by atomic mass is 16.5. The van der Waals surface area contributed by atoms with Crippen molar-refractivity contribution in [2.24, 2.45) is 17.2 Å². The predicted octanol–water partition coefficient (Wildman–Crippen LogP) is -0.852. The average Bonchev–Trinajstić information content (AvgIpc) is 2.60. The monoisotopic (exact) mass is 357 g/mol. The molecular weight excluding hydrogens is 330 g/mol. The number of aliphatic carboxylic acids is 2. The molecular formula is C16H27N3O6. The summed E-state index contributed by atoms with van der Waals surface area (Å²) in [5, 5.41) is 25.8. The number of carbonyl (C=O) groups is 2. The molecule has 0 saturated heterocycles. The van der Waals surface area contributed by atoms with E-state index in [4.69, 9.17) is 37.3 Å². The Morgan fingerprint density at radius 2 is 1.56 bits per heavy atom. The van der Waals surface area contributed by atoms with Crippen molar-refractivity contribution in [1.82, 2.24) is 0 Å². The Hall–Kier alpha value is -2.20. The van der Waals surface area contributed by atoms with E-state index in [0.717, 1.165) is 11.3 Å². The number of hydrogen-bond donors (Lipinski definition) is 6. The standard InChI is InChI=1S/C10H13NO3.C6H14N2O3/c1-14-8-4-2-7(3-5-8)6-9(11)10(12)13;7-3-4(9)1-2-5(8)6(10)11/h2-5,9H,6,11H2,1H3,(H,12,13);4-5,9H,1-3,7-8H2,(H,10,11). The van der Waals surface area contributed by atoms with Crippen LogP contribution in [0.1, 0.15) is 18.4 Å². The number of aliphatic hydroxyl groups is 1. The van der Waals surface area contributed by atoms with Crippen molar-refractivity contribution >= 4 is 11.9 Å². The number of carboxylic acids is 2. The van der Waals surface area contributed by atoms with E-state index in [1.165, 1.54) is 0 Å². The summed E-state index contributed by atoms with van der Waals surface area (Å²) in [7, 11) is 1.58. The topological polar surface area (TPSA) is 182 Å². The Labute approximate surface area is 146 Å². The van der Waals surface area contributed by atoms with Crippen molar-refractivity contribution in [3.63, 3.8) is 0 Å². The van der Waals surface area contributed by atoms with Gasteiger partial charge in [-0.2, -0.15) is 0 Å². The SMILES string of the molecule is COc1ccc(CC(N)C(=O)O)cc1.NCC(O)CCC(N)C(=O)O. The minimum absolute atomic E-state index is 0.145. The maximum absolute atomic E-state index is 10.5. The van der Waals surface area contributed by atoms with Crippen LogP contribution in [0.5, 0.6) is 5.75 Å². The number of methoxy groups -OCH3 is 1. The van der Waals surface area contributed by atoms with E-state index in [9.17, 15) is 9.59 Å². The van der Waals surface area contributed by atoms with E-state index in [1.807, 2.05) is 12.1 Å². The van der Waals surface area contributed by atoms with Gasteiger partial charge >= 0.3 is 11.9 Å². The maximum atomic E-state index is 10.5. The normalized spacial score (nSPS) is 13.8. The van der Waals surface area contributed by atoms with Gasteiger partial charge in [-0.15, -0.1) is 0 Å². The second-order valence-corrected chi connectivity index (χ2v) is 5.41. The lowest BCUT2D eigenvalue weighted by molar-refractivity contribution is -0.139. The molecule has 3 atom stereocenters. The Morgan fingerprint density at radius 3 is 1.96 bits per heavy atom. The van der Waals surface area contributed by atoms with Crippen LogP contribution >= 0.6 is 0 Å². The zero-order chi connectivity index (χ0) is 19.4.